The van der Waals surface area contributed by atoms with Crippen LogP contribution in [0.3, 0.4) is 0 Å². The van der Waals surface area contributed by atoms with Crippen molar-refractivity contribution in [2.24, 2.45) is 5.92 Å². The minimum absolute atomic E-state index is 0.228. The quantitative estimate of drug-likeness (QED) is 0.662. The van der Waals surface area contributed by atoms with Gasteiger partial charge in [0.1, 0.15) is 11.4 Å². The van der Waals surface area contributed by atoms with E-state index in [4.69, 9.17) is 16.3 Å². The molecule has 7 heteroatoms. The van der Waals surface area contributed by atoms with Crippen LogP contribution in [0.25, 0.3) is 0 Å². The lowest BCUT2D eigenvalue weighted by atomic mass is 10.1. The van der Waals surface area contributed by atoms with Crippen LogP contribution < -0.4 is 15.0 Å². The fraction of sp³-hybridized carbons (Fsp3) is 0.227. The van der Waals surface area contributed by atoms with Crippen molar-refractivity contribution in [3.05, 3.63) is 77.7 Å². The summed E-state index contributed by atoms with van der Waals surface area (Å²) < 4.78 is 5.60. The van der Waals surface area contributed by atoms with Crippen LogP contribution in [0.15, 0.2) is 67.0 Å². The first-order chi connectivity index (χ1) is 14.2. The van der Waals surface area contributed by atoms with Crippen molar-refractivity contribution >= 4 is 23.2 Å². The van der Waals surface area contributed by atoms with Gasteiger partial charge in [0.05, 0.1) is 12.4 Å². The summed E-state index contributed by atoms with van der Waals surface area (Å²) in [7, 11) is 0. The standard InChI is InChI=1S/C22H21ClN4O2/c23-17-6-8-18(9-7-17)27-11-10-16(15-27)12-26-22(28)20-13-25-21(14-24-20)29-19-4-2-1-3-5-19/h1-9,13-14,16H,10-12,15H2,(H,26,28). The molecule has 1 fully saturated rings. The lowest BCUT2D eigenvalue weighted by Crippen LogP contribution is -2.31. The normalized spacial score (nSPS) is 15.9. The summed E-state index contributed by atoms with van der Waals surface area (Å²) in [4.78, 5) is 23.0. The average Bonchev–Trinajstić information content (AvgIpc) is 3.23. The third-order valence-electron chi connectivity index (χ3n) is 4.86. The van der Waals surface area contributed by atoms with E-state index in [9.17, 15) is 4.79 Å². The summed E-state index contributed by atoms with van der Waals surface area (Å²) in [5.74, 6) is 1.18. The van der Waals surface area contributed by atoms with Gasteiger partial charge in [0.15, 0.2) is 0 Å². The molecule has 1 atom stereocenters. The molecule has 0 bridgehead atoms. The molecular weight excluding hydrogens is 388 g/mol. The third kappa shape index (κ3) is 5.03. The number of halogens is 1. The van der Waals surface area contributed by atoms with Gasteiger partial charge in [-0.25, -0.2) is 9.97 Å². The van der Waals surface area contributed by atoms with Crippen LogP contribution in [0.2, 0.25) is 5.02 Å². The van der Waals surface area contributed by atoms with Crippen molar-refractivity contribution in [3.63, 3.8) is 0 Å². The Bertz CT molecular complexity index is 949. The van der Waals surface area contributed by atoms with Gasteiger partial charge in [0.2, 0.25) is 5.88 Å². The van der Waals surface area contributed by atoms with Gasteiger partial charge in [-0.05, 0) is 48.7 Å². The van der Waals surface area contributed by atoms with Crippen LogP contribution in [0, 0.1) is 5.92 Å². The number of amides is 1. The van der Waals surface area contributed by atoms with E-state index in [-0.39, 0.29) is 11.6 Å². The van der Waals surface area contributed by atoms with Gasteiger partial charge in [-0.3, -0.25) is 4.79 Å². The zero-order valence-electron chi connectivity index (χ0n) is 15.8. The highest BCUT2D eigenvalue weighted by Crippen LogP contribution is 2.25. The Kier molecular flexibility index (Phi) is 5.91. The maximum absolute atomic E-state index is 12.4. The van der Waals surface area contributed by atoms with Crippen molar-refractivity contribution in [2.75, 3.05) is 24.5 Å². The number of hydrogen-bond acceptors (Lipinski definition) is 5. The largest absolute Gasteiger partial charge is 0.438 e. The number of hydrogen-bond donors (Lipinski definition) is 1. The Morgan fingerprint density at radius 2 is 1.90 bits per heavy atom. The predicted octanol–water partition coefficient (Wildman–Crippen LogP) is 4.18. The van der Waals surface area contributed by atoms with E-state index in [2.05, 4.69) is 20.2 Å². The van der Waals surface area contributed by atoms with Crippen LogP contribution in [0.4, 0.5) is 5.69 Å². The van der Waals surface area contributed by atoms with Gasteiger partial charge in [-0.2, -0.15) is 0 Å². The molecule has 1 amide bonds. The molecular formula is C22H21ClN4O2. The van der Waals surface area contributed by atoms with Gasteiger partial charge >= 0.3 is 0 Å². The van der Waals surface area contributed by atoms with Gasteiger partial charge in [-0.15, -0.1) is 0 Å². The van der Waals surface area contributed by atoms with E-state index >= 15 is 0 Å². The molecule has 1 aliphatic rings. The molecule has 0 spiro atoms. The monoisotopic (exact) mass is 408 g/mol. The molecule has 1 aliphatic heterocycles. The lowest BCUT2D eigenvalue weighted by Gasteiger charge is -2.19. The topological polar surface area (TPSA) is 67.4 Å². The molecule has 6 nitrogen and oxygen atoms in total. The molecule has 2 heterocycles. The minimum Gasteiger partial charge on any atom is -0.438 e. The molecule has 2 aromatic carbocycles. The van der Waals surface area contributed by atoms with Crippen molar-refractivity contribution in [1.29, 1.82) is 0 Å². The van der Waals surface area contributed by atoms with Gasteiger partial charge in [0, 0.05) is 30.3 Å². The molecule has 1 N–H and O–H groups in total. The molecule has 3 aromatic rings. The second-order valence-corrected chi connectivity index (χ2v) is 7.38. The summed E-state index contributed by atoms with van der Waals surface area (Å²) in [6, 6.07) is 17.2. The zero-order valence-corrected chi connectivity index (χ0v) is 16.5. The molecule has 0 radical (unpaired) electrons. The molecule has 1 unspecified atom stereocenters. The lowest BCUT2D eigenvalue weighted by molar-refractivity contribution is 0.0943. The number of nitrogens with zero attached hydrogens (tertiary/aromatic N) is 3. The minimum atomic E-state index is -0.228. The van der Waals surface area contributed by atoms with E-state index < -0.39 is 0 Å². The molecule has 0 aliphatic carbocycles. The SMILES string of the molecule is O=C(NCC1CCN(c2ccc(Cl)cc2)C1)c1cnc(Oc2ccccc2)cn1. The number of anilines is 1. The highest BCUT2D eigenvalue weighted by atomic mass is 35.5. The number of carbonyl (C=O) groups excluding carboxylic acids is 1. The van der Waals surface area contributed by atoms with Gasteiger partial charge in [-0.1, -0.05) is 29.8 Å². The van der Waals surface area contributed by atoms with E-state index in [1.165, 1.54) is 12.4 Å². The number of carbonyl (C=O) groups is 1. The van der Waals surface area contributed by atoms with Crippen LogP contribution in [0.5, 0.6) is 11.6 Å². The Morgan fingerprint density at radius 1 is 1.10 bits per heavy atom. The average molecular weight is 409 g/mol. The maximum atomic E-state index is 12.4. The van der Waals surface area contributed by atoms with Crippen molar-refractivity contribution < 1.29 is 9.53 Å². The second-order valence-electron chi connectivity index (χ2n) is 6.94. The summed E-state index contributed by atoms with van der Waals surface area (Å²) in [6.45, 7) is 2.47. The van der Waals surface area contributed by atoms with E-state index in [1.807, 2.05) is 54.6 Å². The molecule has 1 aromatic heterocycles. The van der Waals surface area contributed by atoms with Crippen molar-refractivity contribution in [3.8, 4) is 11.6 Å². The molecule has 0 saturated carbocycles. The van der Waals surface area contributed by atoms with E-state index in [1.54, 1.807) is 0 Å². The maximum Gasteiger partial charge on any atom is 0.271 e. The Hall–Kier alpha value is -3.12. The van der Waals surface area contributed by atoms with Gasteiger partial charge < -0.3 is 15.0 Å². The Labute approximate surface area is 174 Å². The predicted molar refractivity (Wildman–Crippen MR) is 113 cm³/mol. The first-order valence-electron chi connectivity index (χ1n) is 9.51. The first kappa shape index (κ1) is 19.2. The Morgan fingerprint density at radius 3 is 2.62 bits per heavy atom. The number of rotatable bonds is 6. The number of para-hydroxylation sites is 1. The zero-order chi connectivity index (χ0) is 20.1. The number of benzene rings is 2. The van der Waals surface area contributed by atoms with Crippen molar-refractivity contribution in [1.82, 2.24) is 15.3 Å². The Balaban J connectivity index is 1.27. The summed E-state index contributed by atoms with van der Waals surface area (Å²) in [6.07, 6.45) is 3.92. The number of ether oxygens (including phenoxy) is 1. The van der Waals surface area contributed by atoms with Crippen LogP contribution >= 0.6 is 11.6 Å². The smallest absolute Gasteiger partial charge is 0.271 e. The molecule has 4 rings (SSSR count). The van der Waals surface area contributed by atoms with Crippen LogP contribution in [-0.4, -0.2) is 35.5 Å². The summed E-state index contributed by atoms with van der Waals surface area (Å²) in [5.41, 5.74) is 1.43. The van der Waals surface area contributed by atoms with Crippen LogP contribution in [0.1, 0.15) is 16.9 Å². The summed E-state index contributed by atoms with van der Waals surface area (Å²) >= 11 is 5.96. The highest BCUT2D eigenvalue weighted by Gasteiger charge is 2.23. The first-order valence-corrected chi connectivity index (χ1v) is 9.89. The van der Waals surface area contributed by atoms with E-state index in [0.717, 1.165) is 30.2 Å². The molecule has 148 valence electrons. The second kappa shape index (κ2) is 8.92. The number of aromatic nitrogens is 2. The fourth-order valence-corrected chi connectivity index (χ4v) is 3.43. The van der Waals surface area contributed by atoms with Crippen LogP contribution in [-0.2, 0) is 0 Å². The van der Waals surface area contributed by atoms with Crippen molar-refractivity contribution in [2.45, 2.75) is 6.42 Å². The third-order valence-corrected chi connectivity index (χ3v) is 5.11. The fourth-order valence-electron chi connectivity index (χ4n) is 3.31. The molecule has 29 heavy (non-hydrogen) atoms. The summed E-state index contributed by atoms with van der Waals surface area (Å²) in [5, 5.41) is 3.70. The van der Waals surface area contributed by atoms with Gasteiger partial charge in [0.25, 0.3) is 5.91 Å². The highest BCUT2D eigenvalue weighted by molar-refractivity contribution is 6.30. The van der Waals surface area contributed by atoms with E-state index in [0.29, 0.717) is 24.1 Å². The molecule has 1 saturated heterocycles. The number of nitrogens with one attached hydrogen (secondary N) is 1.